The van der Waals surface area contributed by atoms with Crippen LogP contribution in [0.2, 0.25) is 0 Å². The van der Waals surface area contributed by atoms with Gasteiger partial charge in [0.25, 0.3) is 6.43 Å². The van der Waals surface area contributed by atoms with E-state index in [4.69, 9.17) is 5.73 Å². The first kappa shape index (κ1) is 13.6. The first-order valence-electron chi connectivity index (χ1n) is 4.44. The number of methoxy groups -OCH3 is 1. The zero-order valence-electron chi connectivity index (χ0n) is 8.68. The topological polar surface area (TPSA) is 48.1 Å². The van der Waals surface area contributed by atoms with E-state index in [9.17, 15) is 22.0 Å². The van der Waals surface area contributed by atoms with E-state index in [1.54, 1.807) is 0 Å². The van der Waals surface area contributed by atoms with Gasteiger partial charge in [-0.25, -0.2) is 13.8 Å². The van der Waals surface area contributed by atoms with Gasteiger partial charge in [0, 0.05) is 18.3 Å². The molecule has 96 valence electrons. The van der Waals surface area contributed by atoms with Gasteiger partial charge in [-0.1, -0.05) is 0 Å². The minimum Gasteiger partial charge on any atom is -0.481 e. The molecule has 2 N–H and O–H groups in total. The SMILES string of the molecule is COc1ncc(CN)c(C(F)F)c1C(F)(F)F. The van der Waals surface area contributed by atoms with E-state index in [0.717, 1.165) is 13.3 Å². The molecule has 0 bridgehead atoms. The first-order chi connectivity index (χ1) is 7.82. The number of hydrogen-bond acceptors (Lipinski definition) is 3. The van der Waals surface area contributed by atoms with Crippen molar-refractivity contribution in [3.63, 3.8) is 0 Å². The first-order valence-corrected chi connectivity index (χ1v) is 4.44. The summed E-state index contributed by atoms with van der Waals surface area (Å²) in [6.45, 7) is -0.459. The Morgan fingerprint density at radius 3 is 2.35 bits per heavy atom. The van der Waals surface area contributed by atoms with E-state index in [0.29, 0.717) is 0 Å². The van der Waals surface area contributed by atoms with Crippen LogP contribution in [0.5, 0.6) is 5.88 Å². The summed E-state index contributed by atoms with van der Waals surface area (Å²) in [6.07, 6.45) is -7.42. The summed E-state index contributed by atoms with van der Waals surface area (Å²) in [6, 6.07) is 0. The van der Waals surface area contributed by atoms with Gasteiger partial charge in [0.1, 0.15) is 5.56 Å². The number of pyridine rings is 1. The highest BCUT2D eigenvalue weighted by Crippen LogP contribution is 2.42. The molecule has 0 saturated heterocycles. The van der Waals surface area contributed by atoms with Crippen molar-refractivity contribution in [3.05, 3.63) is 22.9 Å². The van der Waals surface area contributed by atoms with Crippen LogP contribution in [0, 0.1) is 0 Å². The lowest BCUT2D eigenvalue weighted by Crippen LogP contribution is -2.16. The molecular weight excluding hydrogens is 247 g/mol. The van der Waals surface area contributed by atoms with Crippen LogP contribution in [0.4, 0.5) is 22.0 Å². The van der Waals surface area contributed by atoms with Gasteiger partial charge in [-0.05, 0) is 5.56 Å². The summed E-state index contributed by atoms with van der Waals surface area (Å²) >= 11 is 0. The van der Waals surface area contributed by atoms with Crippen LogP contribution in [-0.2, 0) is 12.7 Å². The summed E-state index contributed by atoms with van der Waals surface area (Å²) < 4.78 is 67.8. The highest BCUT2D eigenvalue weighted by atomic mass is 19.4. The lowest BCUT2D eigenvalue weighted by molar-refractivity contribution is -0.141. The van der Waals surface area contributed by atoms with Gasteiger partial charge in [0.05, 0.1) is 7.11 Å². The highest BCUT2D eigenvalue weighted by Gasteiger charge is 2.41. The van der Waals surface area contributed by atoms with E-state index < -0.39 is 36.2 Å². The molecule has 0 aliphatic carbocycles. The molecule has 0 fully saturated rings. The lowest BCUT2D eigenvalue weighted by atomic mass is 10.0. The zero-order chi connectivity index (χ0) is 13.2. The molecule has 0 atom stereocenters. The number of nitrogens with zero attached hydrogens (tertiary/aromatic N) is 1. The number of nitrogens with two attached hydrogens (primary N) is 1. The maximum absolute atomic E-state index is 12.7. The smallest absolute Gasteiger partial charge is 0.422 e. The molecule has 0 radical (unpaired) electrons. The number of rotatable bonds is 3. The molecule has 0 unspecified atom stereocenters. The van der Waals surface area contributed by atoms with Gasteiger partial charge >= 0.3 is 6.18 Å². The third-order valence-electron chi connectivity index (χ3n) is 2.08. The van der Waals surface area contributed by atoms with E-state index >= 15 is 0 Å². The summed E-state index contributed by atoms with van der Waals surface area (Å²) in [5.41, 5.74) is 2.01. The van der Waals surface area contributed by atoms with Gasteiger partial charge in [-0.2, -0.15) is 13.2 Å². The van der Waals surface area contributed by atoms with Gasteiger partial charge in [-0.15, -0.1) is 0 Å². The van der Waals surface area contributed by atoms with Crippen molar-refractivity contribution in [2.24, 2.45) is 5.73 Å². The Hall–Kier alpha value is -1.44. The highest BCUT2D eigenvalue weighted by molar-refractivity contribution is 5.42. The summed E-state index contributed by atoms with van der Waals surface area (Å²) in [4.78, 5) is 3.32. The predicted octanol–water partition coefficient (Wildman–Crippen LogP) is 2.51. The van der Waals surface area contributed by atoms with Gasteiger partial charge in [0.15, 0.2) is 0 Å². The molecule has 0 aromatic carbocycles. The van der Waals surface area contributed by atoms with Crippen molar-refractivity contribution >= 4 is 0 Å². The third-order valence-corrected chi connectivity index (χ3v) is 2.08. The minimum atomic E-state index is -4.98. The number of halogens is 5. The maximum Gasteiger partial charge on any atom is 0.422 e. The third kappa shape index (κ3) is 2.63. The van der Waals surface area contributed by atoms with E-state index in [1.807, 2.05) is 0 Å². The minimum absolute atomic E-state index is 0.354. The molecule has 0 saturated carbocycles. The van der Waals surface area contributed by atoms with Gasteiger partial charge < -0.3 is 10.5 Å². The summed E-state index contributed by atoms with van der Waals surface area (Å²) in [7, 11) is 0.926. The fourth-order valence-corrected chi connectivity index (χ4v) is 1.39. The molecular formula is C9H9F5N2O. The summed E-state index contributed by atoms with van der Waals surface area (Å²) in [5, 5.41) is 0. The number of hydrogen-bond donors (Lipinski definition) is 1. The quantitative estimate of drug-likeness (QED) is 0.845. The second kappa shape index (κ2) is 4.82. The van der Waals surface area contributed by atoms with Crippen molar-refractivity contribution < 1.29 is 26.7 Å². The van der Waals surface area contributed by atoms with Crippen LogP contribution in [0.3, 0.4) is 0 Å². The van der Waals surface area contributed by atoms with Crippen LogP contribution >= 0.6 is 0 Å². The number of aromatic nitrogens is 1. The molecule has 17 heavy (non-hydrogen) atoms. The van der Waals surface area contributed by atoms with Crippen LogP contribution in [0.25, 0.3) is 0 Å². The van der Waals surface area contributed by atoms with Crippen molar-refractivity contribution in [3.8, 4) is 5.88 Å². The molecule has 0 aliphatic heterocycles. The van der Waals surface area contributed by atoms with Crippen molar-refractivity contribution in [2.45, 2.75) is 19.1 Å². The van der Waals surface area contributed by atoms with Crippen molar-refractivity contribution in [1.82, 2.24) is 4.98 Å². The molecule has 1 heterocycles. The Bertz CT molecular complexity index is 405. The largest absolute Gasteiger partial charge is 0.481 e. The number of alkyl halides is 5. The fourth-order valence-electron chi connectivity index (χ4n) is 1.39. The Balaban J connectivity index is 3.59. The van der Waals surface area contributed by atoms with Crippen molar-refractivity contribution in [1.29, 1.82) is 0 Å². The Morgan fingerprint density at radius 2 is 2.00 bits per heavy atom. The summed E-state index contributed by atoms with van der Waals surface area (Å²) in [5.74, 6) is -0.884. The van der Waals surface area contributed by atoms with E-state index in [-0.39, 0.29) is 5.56 Å². The molecule has 1 rings (SSSR count). The molecule has 3 nitrogen and oxygen atoms in total. The van der Waals surface area contributed by atoms with E-state index in [1.165, 1.54) is 0 Å². The zero-order valence-corrected chi connectivity index (χ0v) is 8.68. The Kier molecular flexibility index (Phi) is 3.87. The van der Waals surface area contributed by atoms with Gasteiger partial charge in [0.2, 0.25) is 5.88 Å². The Labute approximate surface area is 93.4 Å². The lowest BCUT2D eigenvalue weighted by Gasteiger charge is -2.17. The maximum atomic E-state index is 12.7. The van der Waals surface area contributed by atoms with Crippen LogP contribution in [-0.4, -0.2) is 12.1 Å². The normalized spacial score (nSPS) is 12.0. The van der Waals surface area contributed by atoms with Crippen LogP contribution < -0.4 is 10.5 Å². The average Bonchev–Trinajstić information content (AvgIpc) is 2.25. The average molecular weight is 256 g/mol. The fraction of sp³-hybridized carbons (Fsp3) is 0.444. The molecule has 8 heteroatoms. The predicted molar refractivity (Wildman–Crippen MR) is 48.6 cm³/mol. The Morgan fingerprint density at radius 1 is 1.41 bits per heavy atom. The molecule has 0 aliphatic rings. The van der Waals surface area contributed by atoms with Crippen LogP contribution in [0.15, 0.2) is 6.20 Å². The van der Waals surface area contributed by atoms with E-state index in [2.05, 4.69) is 9.72 Å². The molecule has 1 aromatic heterocycles. The second-order valence-corrected chi connectivity index (χ2v) is 3.08. The van der Waals surface area contributed by atoms with Crippen LogP contribution in [0.1, 0.15) is 23.1 Å². The number of ether oxygens (including phenoxy) is 1. The van der Waals surface area contributed by atoms with Crippen molar-refractivity contribution in [2.75, 3.05) is 7.11 Å². The molecule has 1 aromatic rings. The second-order valence-electron chi connectivity index (χ2n) is 3.08. The molecule has 0 amide bonds. The van der Waals surface area contributed by atoms with Gasteiger partial charge in [-0.3, -0.25) is 0 Å². The molecule has 0 spiro atoms. The monoisotopic (exact) mass is 256 g/mol. The standard InChI is InChI=1S/C9H9F5N2O/c1-17-8-6(9(12,13)14)5(7(10)11)4(2-15)3-16-8/h3,7H,2,15H2,1H3.